The first kappa shape index (κ1) is 61.5. The molecule has 8 aromatic rings. The lowest BCUT2D eigenvalue weighted by molar-refractivity contribution is 0.480. The summed E-state index contributed by atoms with van der Waals surface area (Å²) in [6.45, 7) is 0. The van der Waals surface area contributed by atoms with E-state index in [1.54, 1.807) is 12.1 Å². The Hall–Kier alpha value is -9.54. The van der Waals surface area contributed by atoms with Gasteiger partial charge in [0.25, 0.3) is 50.6 Å². The Kier molecular flexibility index (Phi) is 17.6. The van der Waals surface area contributed by atoms with Crippen molar-refractivity contribution in [2.75, 3.05) is 22.9 Å². The number of thiol groups is 1. The number of nitrogens with zero attached hydrogens (tertiary/aromatic N) is 12. The van der Waals surface area contributed by atoms with Crippen molar-refractivity contribution in [1.82, 2.24) is 0 Å². The molecule has 85 heavy (non-hydrogen) atoms. The van der Waals surface area contributed by atoms with Gasteiger partial charge in [-0.25, -0.2) is 0 Å². The van der Waals surface area contributed by atoms with Crippen LogP contribution in [0, 0.1) is 0 Å². The summed E-state index contributed by atoms with van der Waals surface area (Å²) in [6.07, 6.45) is 0. The van der Waals surface area contributed by atoms with Crippen LogP contribution in [-0.4, -0.2) is 64.9 Å². The monoisotopic (exact) mass is 1270 g/mol. The molecular weight excluding hydrogens is 1230 g/mol. The van der Waals surface area contributed by atoms with Crippen molar-refractivity contribution < 1.29 is 64.9 Å². The molecule has 0 fully saturated rings. The number of nitrogens with two attached hydrogens (primary N) is 4. The van der Waals surface area contributed by atoms with Gasteiger partial charge in [0.2, 0.25) is 0 Å². The molecule has 0 aliphatic heterocycles. The molecule has 0 aliphatic rings. The van der Waals surface area contributed by atoms with Crippen LogP contribution in [-0.2, 0) is 50.6 Å². The van der Waals surface area contributed by atoms with Crippen molar-refractivity contribution in [3.05, 3.63) is 146 Å². The van der Waals surface area contributed by atoms with E-state index in [2.05, 4.69) is 74.0 Å². The third-order valence-electron chi connectivity index (χ3n) is 11.3. The second kappa shape index (κ2) is 24.3. The van der Waals surface area contributed by atoms with Crippen molar-refractivity contribution in [2.45, 2.75) is 29.4 Å². The van der Waals surface area contributed by atoms with Crippen molar-refractivity contribution in [1.29, 1.82) is 0 Å². The summed E-state index contributed by atoms with van der Waals surface area (Å²) in [5.41, 5.74) is 22.5. The summed E-state index contributed by atoms with van der Waals surface area (Å²) in [5, 5.41) is 48.3. The van der Waals surface area contributed by atoms with Gasteiger partial charge in [-0.15, -0.1) is 33.1 Å². The quantitative estimate of drug-likeness (QED) is 0.0165. The van der Waals surface area contributed by atoms with Crippen LogP contribution >= 0.6 is 12.6 Å². The highest BCUT2D eigenvalue weighted by Crippen LogP contribution is 2.46. The summed E-state index contributed by atoms with van der Waals surface area (Å²) in [4.78, 5) is -3.36. The Morgan fingerprint density at radius 1 is 0.282 bits per heavy atom. The zero-order chi connectivity index (χ0) is 61.8. The maximum Gasteiger partial charge on any atom is 0.296 e. The summed E-state index contributed by atoms with van der Waals surface area (Å²) in [5.74, 6) is 0. The topological polar surface area (TPSA) is 524 Å². The second-order valence-corrected chi connectivity index (χ2v) is 24.6. The minimum absolute atomic E-state index is 0.0125. The van der Waals surface area contributed by atoms with E-state index in [-0.39, 0.29) is 60.2 Å². The SMILES string of the molecule is Nc1c(S)cc(N=Nc2ccc(-c3ccc(N=Nc4cc(S(=O)(=O)O)c(N)c(N=Nc5ccc(N=Nc6ccc(S(=O)(=O)O)cc6)cc5)c4N)cc3S(=O)(=O)O)c(S(=O)(=O)O)c2)c(N)c1N=Nc1ccc(N=Nc2ccc(S(=O)(=O)O)cc2)cc1. The minimum atomic E-state index is -5.28. The van der Waals surface area contributed by atoms with Gasteiger partial charge in [0.05, 0.1) is 78.0 Å². The van der Waals surface area contributed by atoms with Crippen molar-refractivity contribution in [2.24, 2.45) is 61.4 Å². The van der Waals surface area contributed by atoms with Crippen molar-refractivity contribution >= 4 is 154 Å². The first-order valence-corrected chi connectivity index (χ1v) is 30.7. The third kappa shape index (κ3) is 15.2. The van der Waals surface area contributed by atoms with Crippen LogP contribution in [0.1, 0.15) is 0 Å². The maximum absolute atomic E-state index is 12.9. The van der Waals surface area contributed by atoms with Gasteiger partial charge in [-0.05, 0) is 133 Å². The predicted octanol–water partition coefficient (Wildman–Crippen LogP) is 12.7. The van der Waals surface area contributed by atoms with Crippen LogP contribution < -0.4 is 22.9 Å². The molecule has 0 spiro atoms. The number of anilines is 4. The van der Waals surface area contributed by atoms with E-state index in [0.29, 0.717) is 22.7 Å². The highest BCUT2D eigenvalue weighted by Gasteiger charge is 2.26. The van der Waals surface area contributed by atoms with Crippen LogP contribution in [0.5, 0.6) is 0 Å². The largest absolute Gasteiger partial charge is 0.396 e. The first-order valence-electron chi connectivity index (χ1n) is 23.0. The Morgan fingerprint density at radius 3 is 0.871 bits per heavy atom. The van der Waals surface area contributed by atoms with Crippen molar-refractivity contribution in [3.63, 3.8) is 0 Å². The Bertz CT molecular complexity index is 4770. The molecule has 0 saturated carbocycles. The standard InChI is InChI=1S/C48H38N16O15S6/c49-43-37(23-39(80)45(51)47(43)63-57-27-5-1-25(2-6-27)53-55-29-9-15-33(16-10-29)81(65,66)67)61-59-31-13-19-35(40(21-31)83(71,72)73)36-20-14-32(22-41(36)84(74,75)76)60-62-38-24-42(85(77,78)79)46(52)48(44(38)50)64-58-28-7-3-26(4-8-28)54-56-30-11-17-34(18-12-30)82(68,69)70/h1-24,80H,49-52H2,(H,65,66,67)(H,68,69,70)(H,71,72,73)(H,74,75,76)(H,77,78,79). The zero-order valence-electron chi connectivity index (χ0n) is 42.3. The summed E-state index contributed by atoms with van der Waals surface area (Å²) in [6, 6.07) is 29.6. The van der Waals surface area contributed by atoms with Gasteiger partial charge in [-0.1, -0.05) is 12.1 Å². The van der Waals surface area contributed by atoms with Crippen molar-refractivity contribution in [3.8, 4) is 11.1 Å². The summed E-state index contributed by atoms with van der Waals surface area (Å²) < 4.78 is 171. The van der Waals surface area contributed by atoms with E-state index in [9.17, 15) is 55.7 Å². The lowest BCUT2D eigenvalue weighted by Crippen LogP contribution is -2.05. The molecule has 0 amide bonds. The van der Waals surface area contributed by atoms with E-state index in [1.165, 1.54) is 72.8 Å². The fraction of sp³-hybridized carbons (Fsp3) is 0. The number of hydrogen-bond acceptors (Lipinski definition) is 27. The number of hydrogen-bond donors (Lipinski definition) is 10. The summed E-state index contributed by atoms with van der Waals surface area (Å²) in [7, 11) is -24.4. The molecular formula is C48H38N16O15S6. The van der Waals surface area contributed by atoms with Gasteiger partial charge in [-0.2, -0.15) is 83.0 Å². The van der Waals surface area contributed by atoms with Crippen LogP contribution in [0.2, 0.25) is 0 Å². The van der Waals surface area contributed by atoms with E-state index >= 15 is 0 Å². The number of nitrogen functional groups attached to an aromatic ring is 4. The molecule has 0 bridgehead atoms. The van der Waals surface area contributed by atoms with Gasteiger partial charge in [0, 0.05) is 16.0 Å². The summed E-state index contributed by atoms with van der Waals surface area (Å²) >= 11 is 4.37. The smallest absolute Gasteiger partial charge is 0.296 e. The molecule has 0 radical (unpaired) electrons. The zero-order valence-corrected chi connectivity index (χ0v) is 47.3. The molecule has 13 N–H and O–H groups in total. The number of benzene rings is 8. The molecule has 8 rings (SSSR count). The number of azo groups is 6. The first-order chi connectivity index (χ1) is 39.8. The predicted molar refractivity (Wildman–Crippen MR) is 310 cm³/mol. The van der Waals surface area contributed by atoms with E-state index in [4.69, 9.17) is 32.0 Å². The van der Waals surface area contributed by atoms with Gasteiger partial charge in [-0.3, -0.25) is 22.8 Å². The highest BCUT2D eigenvalue weighted by molar-refractivity contribution is 7.87. The fourth-order valence-corrected chi connectivity index (χ4v) is 10.4. The lowest BCUT2D eigenvalue weighted by Gasteiger charge is -2.13. The minimum Gasteiger partial charge on any atom is -0.396 e. The Labute approximate surface area is 486 Å². The third-order valence-corrected chi connectivity index (χ3v) is 16.1. The fourth-order valence-electron chi connectivity index (χ4n) is 7.16. The average molecular weight is 1270 g/mol. The Morgan fingerprint density at radius 2 is 0.553 bits per heavy atom. The second-order valence-electron chi connectivity index (χ2n) is 17.1. The molecule has 0 aliphatic carbocycles. The van der Waals surface area contributed by atoms with E-state index in [0.717, 1.165) is 60.7 Å². The molecule has 0 heterocycles. The average Bonchev–Trinajstić information content (AvgIpc) is 1.95. The van der Waals surface area contributed by atoms with Crippen LogP contribution in [0.15, 0.2) is 236 Å². The molecule has 0 atom stereocenters. The van der Waals surface area contributed by atoms with E-state index in [1.807, 2.05) is 0 Å². The molecule has 8 aromatic carbocycles. The number of rotatable bonds is 18. The van der Waals surface area contributed by atoms with Gasteiger partial charge >= 0.3 is 0 Å². The van der Waals surface area contributed by atoms with Crippen LogP contribution in [0.4, 0.5) is 91.0 Å². The van der Waals surface area contributed by atoms with Crippen LogP contribution in [0.3, 0.4) is 0 Å². The molecule has 37 heteroatoms. The molecule has 0 aromatic heterocycles. The lowest BCUT2D eigenvalue weighted by atomic mass is 10.0. The van der Waals surface area contributed by atoms with Gasteiger partial charge < -0.3 is 22.9 Å². The van der Waals surface area contributed by atoms with Crippen LogP contribution in [0.25, 0.3) is 11.1 Å². The highest BCUT2D eigenvalue weighted by atomic mass is 32.2. The molecule has 31 nitrogen and oxygen atoms in total. The van der Waals surface area contributed by atoms with Gasteiger partial charge in [0.1, 0.15) is 37.4 Å². The normalized spacial score (nSPS) is 13.0. The molecule has 0 saturated heterocycles. The van der Waals surface area contributed by atoms with E-state index < -0.39 is 99.2 Å². The molecule has 0 unspecified atom stereocenters. The molecule has 436 valence electrons. The van der Waals surface area contributed by atoms with Gasteiger partial charge in [0.15, 0.2) is 0 Å². The Balaban J connectivity index is 1.03. The maximum atomic E-state index is 12.9.